The Hall–Kier alpha value is -0.0400. The van der Waals surface area contributed by atoms with Gasteiger partial charge in [-0.05, 0) is 43.6 Å². The van der Waals surface area contributed by atoms with Crippen LogP contribution in [0.4, 0.5) is 0 Å². The van der Waals surface area contributed by atoms with Gasteiger partial charge < -0.3 is 0 Å². The maximum atomic E-state index is 2.64. The van der Waals surface area contributed by atoms with E-state index in [4.69, 9.17) is 0 Å². The van der Waals surface area contributed by atoms with Gasteiger partial charge in [-0.25, -0.2) is 0 Å². The van der Waals surface area contributed by atoms with Crippen LogP contribution < -0.4 is 0 Å². The van der Waals surface area contributed by atoms with Gasteiger partial charge in [-0.1, -0.05) is 6.92 Å². The third-order valence-electron chi connectivity index (χ3n) is 4.05. The average molecular weight is 151 g/mol. The van der Waals surface area contributed by atoms with Crippen molar-refractivity contribution in [1.82, 2.24) is 4.90 Å². The predicted molar refractivity (Wildman–Crippen MR) is 45.4 cm³/mol. The van der Waals surface area contributed by atoms with Gasteiger partial charge in [0.25, 0.3) is 0 Å². The molecule has 1 nitrogen and oxygen atoms in total. The van der Waals surface area contributed by atoms with Crippen LogP contribution in [0.15, 0.2) is 0 Å². The molecule has 0 spiro atoms. The molecular weight excluding hydrogens is 134 g/mol. The maximum absolute atomic E-state index is 2.64. The van der Waals surface area contributed by atoms with Crippen LogP contribution in [-0.2, 0) is 0 Å². The molecule has 2 atom stereocenters. The Labute approximate surface area is 68.8 Å². The largest absolute Gasteiger partial charge is 0.300 e. The molecule has 2 saturated heterocycles. The first-order valence-electron chi connectivity index (χ1n) is 5.01. The third kappa shape index (κ3) is 0.868. The zero-order valence-electron chi connectivity index (χ0n) is 7.34. The lowest BCUT2D eigenvalue weighted by molar-refractivity contribution is -0.0761. The maximum Gasteiger partial charge on any atom is 0.0148 e. The highest BCUT2D eigenvalue weighted by Crippen LogP contribution is 2.53. The normalized spacial score (nSPS) is 45.5. The van der Waals surface area contributed by atoms with E-state index in [9.17, 15) is 0 Å². The van der Waals surface area contributed by atoms with E-state index in [1.54, 1.807) is 0 Å². The number of hydrogen-bond donors (Lipinski definition) is 0. The minimum absolute atomic E-state index is 0.798. The van der Waals surface area contributed by atoms with Gasteiger partial charge in [0.15, 0.2) is 0 Å². The van der Waals surface area contributed by atoms with Crippen LogP contribution in [0.25, 0.3) is 0 Å². The van der Waals surface area contributed by atoms with E-state index in [1.165, 1.54) is 38.8 Å². The average Bonchev–Trinajstić information content (AvgIpc) is 2.61. The van der Waals surface area contributed by atoms with E-state index >= 15 is 0 Å². The Morgan fingerprint density at radius 3 is 2.64 bits per heavy atom. The van der Waals surface area contributed by atoms with Gasteiger partial charge in [0, 0.05) is 12.6 Å². The van der Waals surface area contributed by atoms with E-state index in [2.05, 4.69) is 11.8 Å². The fourth-order valence-electron chi connectivity index (χ4n) is 2.76. The van der Waals surface area contributed by atoms with Crippen LogP contribution in [-0.4, -0.2) is 24.0 Å². The zero-order chi connectivity index (χ0) is 7.47. The molecule has 0 aromatic heterocycles. The molecule has 0 radical (unpaired) electrons. The van der Waals surface area contributed by atoms with Gasteiger partial charge in [0.1, 0.15) is 0 Å². The predicted octanol–water partition coefficient (Wildman–Crippen LogP) is 1.88. The van der Waals surface area contributed by atoms with Crippen LogP contribution in [0.5, 0.6) is 0 Å². The van der Waals surface area contributed by atoms with Crippen LogP contribution in [0.3, 0.4) is 0 Å². The van der Waals surface area contributed by atoms with Crippen LogP contribution in [0.2, 0.25) is 0 Å². The lowest BCUT2D eigenvalue weighted by Gasteiger charge is -2.57. The molecule has 1 saturated carbocycles. The van der Waals surface area contributed by atoms with Crippen molar-refractivity contribution in [3.8, 4) is 0 Å². The van der Waals surface area contributed by atoms with Gasteiger partial charge >= 0.3 is 0 Å². The standard InChI is InChI=1S/C10H17N/c1-10(3-4-10)6-8-7-11-5-2-9(8)11/h8-9H,2-7H2,1H3. The number of fused-ring (bicyclic) bond motifs is 1. The molecule has 1 heteroatoms. The van der Waals surface area contributed by atoms with Gasteiger partial charge in [-0.2, -0.15) is 0 Å². The fraction of sp³-hybridized carbons (Fsp3) is 1.00. The molecule has 2 aliphatic heterocycles. The molecular formula is C10H17N. The number of rotatable bonds is 2. The summed E-state index contributed by atoms with van der Waals surface area (Å²) in [5.41, 5.74) is 0.798. The van der Waals surface area contributed by atoms with Gasteiger partial charge in [-0.3, -0.25) is 4.90 Å². The Kier molecular flexibility index (Phi) is 1.07. The highest BCUT2D eigenvalue weighted by atomic mass is 15.3. The molecule has 0 amide bonds. The summed E-state index contributed by atoms with van der Waals surface area (Å²) in [6, 6.07) is 1.03. The van der Waals surface area contributed by atoms with Crippen molar-refractivity contribution in [2.45, 2.75) is 38.6 Å². The molecule has 0 aromatic rings. The molecule has 11 heavy (non-hydrogen) atoms. The lowest BCUT2D eigenvalue weighted by atomic mass is 9.74. The minimum Gasteiger partial charge on any atom is -0.300 e. The van der Waals surface area contributed by atoms with Gasteiger partial charge in [-0.15, -0.1) is 0 Å². The summed E-state index contributed by atoms with van der Waals surface area (Å²) in [6.07, 6.45) is 6.06. The Bertz CT molecular complexity index is 183. The first-order chi connectivity index (χ1) is 5.27. The minimum atomic E-state index is 0.798. The zero-order valence-corrected chi connectivity index (χ0v) is 7.34. The third-order valence-corrected chi connectivity index (χ3v) is 4.05. The fourth-order valence-corrected chi connectivity index (χ4v) is 2.76. The first-order valence-corrected chi connectivity index (χ1v) is 5.01. The van der Waals surface area contributed by atoms with Crippen molar-refractivity contribution in [1.29, 1.82) is 0 Å². The second kappa shape index (κ2) is 1.82. The van der Waals surface area contributed by atoms with Crippen molar-refractivity contribution in [3.63, 3.8) is 0 Å². The smallest absolute Gasteiger partial charge is 0.0148 e. The van der Waals surface area contributed by atoms with Crippen molar-refractivity contribution in [3.05, 3.63) is 0 Å². The van der Waals surface area contributed by atoms with Gasteiger partial charge in [0.2, 0.25) is 0 Å². The lowest BCUT2D eigenvalue weighted by Crippen LogP contribution is -2.64. The molecule has 0 aromatic carbocycles. The van der Waals surface area contributed by atoms with Crippen molar-refractivity contribution < 1.29 is 0 Å². The highest BCUT2D eigenvalue weighted by molar-refractivity contribution is 5.03. The number of nitrogens with zero attached hydrogens (tertiary/aromatic N) is 1. The SMILES string of the molecule is CC1(CC2CN3CCC23)CC1. The summed E-state index contributed by atoms with van der Waals surface area (Å²) >= 11 is 0. The van der Waals surface area contributed by atoms with Crippen molar-refractivity contribution in [2.24, 2.45) is 11.3 Å². The van der Waals surface area contributed by atoms with E-state index in [0.717, 1.165) is 17.4 Å². The molecule has 62 valence electrons. The van der Waals surface area contributed by atoms with Gasteiger partial charge in [0.05, 0.1) is 0 Å². The molecule has 0 bridgehead atoms. The molecule has 1 aliphatic carbocycles. The Morgan fingerprint density at radius 2 is 2.27 bits per heavy atom. The molecule has 3 fully saturated rings. The molecule has 3 aliphatic rings. The molecule has 0 N–H and O–H groups in total. The Morgan fingerprint density at radius 1 is 1.45 bits per heavy atom. The topological polar surface area (TPSA) is 3.24 Å². The summed E-state index contributed by atoms with van der Waals surface area (Å²) in [5.74, 6) is 1.09. The summed E-state index contributed by atoms with van der Waals surface area (Å²) in [5, 5.41) is 0. The summed E-state index contributed by atoms with van der Waals surface area (Å²) in [7, 11) is 0. The second-order valence-electron chi connectivity index (χ2n) is 5.13. The summed E-state index contributed by atoms with van der Waals surface area (Å²) in [6.45, 7) is 5.30. The van der Waals surface area contributed by atoms with E-state index in [-0.39, 0.29) is 0 Å². The summed E-state index contributed by atoms with van der Waals surface area (Å²) < 4.78 is 0. The van der Waals surface area contributed by atoms with Crippen LogP contribution in [0, 0.1) is 11.3 Å². The quantitative estimate of drug-likeness (QED) is 0.582. The summed E-state index contributed by atoms with van der Waals surface area (Å²) in [4.78, 5) is 2.64. The van der Waals surface area contributed by atoms with E-state index in [1.807, 2.05) is 0 Å². The highest BCUT2D eigenvalue weighted by Gasteiger charge is 2.49. The van der Waals surface area contributed by atoms with Crippen LogP contribution >= 0.6 is 0 Å². The monoisotopic (exact) mass is 151 g/mol. The van der Waals surface area contributed by atoms with Crippen molar-refractivity contribution >= 4 is 0 Å². The number of piperidine rings is 1. The van der Waals surface area contributed by atoms with Crippen LogP contribution in [0.1, 0.15) is 32.6 Å². The molecule has 2 heterocycles. The molecule has 3 rings (SSSR count). The number of hydrogen-bond acceptors (Lipinski definition) is 1. The molecule has 2 unspecified atom stereocenters. The Balaban J connectivity index is 1.57. The van der Waals surface area contributed by atoms with E-state index in [0.29, 0.717) is 0 Å². The first kappa shape index (κ1) is 6.47. The second-order valence-corrected chi connectivity index (χ2v) is 5.13. The van der Waals surface area contributed by atoms with Crippen molar-refractivity contribution in [2.75, 3.05) is 13.1 Å². The van der Waals surface area contributed by atoms with E-state index < -0.39 is 0 Å².